The summed E-state index contributed by atoms with van der Waals surface area (Å²) in [5.41, 5.74) is 2.63. The van der Waals surface area contributed by atoms with E-state index in [1.54, 1.807) is 5.57 Å². The van der Waals surface area contributed by atoms with Crippen LogP contribution in [0.4, 0.5) is 0 Å². The fraction of sp³-hybridized carbons (Fsp3) is 0.783. The van der Waals surface area contributed by atoms with Crippen LogP contribution in [0.25, 0.3) is 0 Å². The van der Waals surface area contributed by atoms with E-state index in [0.717, 1.165) is 32.1 Å². The lowest BCUT2D eigenvalue weighted by atomic mass is 9.47. The second kappa shape index (κ2) is 7.71. The van der Waals surface area contributed by atoms with Gasteiger partial charge in [-0.05, 0) is 67.8 Å². The Morgan fingerprint density at radius 1 is 1.33 bits per heavy atom. The molecule has 0 bridgehead atoms. The van der Waals surface area contributed by atoms with E-state index < -0.39 is 11.5 Å². The molecule has 0 amide bonds. The highest BCUT2D eigenvalue weighted by atomic mass is 16.5. The van der Waals surface area contributed by atoms with E-state index in [1.165, 1.54) is 12.0 Å². The first-order valence-corrected chi connectivity index (χ1v) is 10.6. The molecule has 4 heteroatoms. The third kappa shape index (κ3) is 3.63. The number of fused-ring (bicyclic) bond motifs is 3. The van der Waals surface area contributed by atoms with Crippen LogP contribution in [0.1, 0.15) is 66.2 Å². The number of ether oxygens (including phenoxy) is 1. The van der Waals surface area contributed by atoms with Gasteiger partial charge in [-0.1, -0.05) is 44.9 Å². The molecule has 0 aromatic rings. The number of aliphatic hydroxyl groups excluding tert-OH is 2. The van der Waals surface area contributed by atoms with Crippen molar-refractivity contribution in [1.82, 2.24) is 0 Å². The molecule has 0 radical (unpaired) electrons. The summed E-state index contributed by atoms with van der Waals surface area (Å²) < 4.78 is 5.43. The van der Waals surface area contributed by atoms with Gasteiger partial charge in [0.25, 0.3) is 0 Å². The van der Waals surface area contributed by atoms with E-state index in [4.69, 9.17) is 9.84 Å². The summed E-state index contributed by atoms with van der Waals surface area (Å²) in [7, 11) is 0. The zero-order valence-electron chi connectivity index (χ0n) is 17.3. The zero-order chi connectivity index (χ0) is 19.8. The van der Waals surface area contributed by atoms with Crippen LogP contribution in [0, 0.1) is 28.6 Å². The van der Waals surface area contributed by atoms with Crippen LogP contribution in [0.15, 0.2) is 23.3 Å². The number of esters is 1. The summed E-state index contributed by atoms with van der Waals surface area (Å²) in [4.78, 5) is 13.0. The van der Waals surface area contributed by atoms with E-state index >= 15 is 0 Å². The third-order valence-electron chi connectivity index (χ3n) is 7.66. The number of carbonyl (C=O) groups is 1. The quantitative estimate of drug-likeness (QED) is 0.711. The SMILES string of the molecule is CC(C)C1=CC2=CCC3C(C)(C(=O)OCC(O)CO)CCCC3(C)C2CC1. The van der Waals surface area contributed by atoms with Gasteiger partial charge >= 0.3 is 5.97 Å². The van der Waals surface area contributed by atoms with Crippen LogP contribution in [0.3, 0.4) is 0 Å². The van der Waals surface area contributed by atoms with Gasteiger partial charge in [0.05, 0.1) is 12.0 Å². The van der Waals surface area contributed by atoms with Crippen molar-refractivity contribution in [2.45, 2.75) is 72.3 Å². The molecule has 3 aliphatic carbocycles. The minimum absolute atomic E-state index is 0.116. The maximum absolute atomic E-state index is 13.0. The molecular weight excluding hydrogens is 340 g/mol. The smallest absolute Gasteiger partial charge is 0.312 e. The number of hydrogen-bond acceptors (Lipinski definition) is 4. The molecule has 4 nitrogen and oxygen atoms in total. The molecule has 0 aromatic heterocycles. The van der Waals surface area contributed by atoms with Gasteiger partial charge < -0.3 is 14.9 Å². The number of rotatable bonds is 5. The number of allylic oxidation sites excluding steroid dienone is 4. The van der Waals surface area contributed by atoms with Crippen molar-refractivity contribution >= 4 is 5.97 Å². The molecule has 1 fully saturated rings. The first-order chi connectivity index (χ1) is 12.7. The van der Waals surface area contributed by atoms with E-state index in [-0.39, 0.29) is 30.5 Å². The summed E-state index contributed by atoms with van der Waals surface area (Å²) in [5, 5.41) is 18.5. The highest BCUT2D eigenvalue weighted by Crippen LogP contribution is 2.62. The average molecular weight is 377 g/mol. The van der Waals surface area contributed by atoms with Crippen molar-refractivity contribution in [3.05, 3.63) is 23.3 Å². The van der Waals surface area contributed by atoms with Crippen molar-refractivity contribution < 1.29 is 19.7 Å². The number of aliphatic hydroxyl groups is 2. The Bertz CT molecular complexity index is 634. The standard InChI is InChI=1S/C23H36O4/c1-15(2)16-6-8-19-17(12-16)7-9-20-22(19,3)10-5-11-23(20,4)21(26)27-14-18(25)13-24/h7,12,15,18-20,24-25H,5-6,8-11,13-14H2,1-4H3. The predicted octanol–water partition coefficient (Wildman–Crippen LogP) is 4.02. The van der Waals surface area contributed by atoms with Crippen molar-refractivity contribution in [1.29, 1.82) is 0 Å². The molecule has 0 aromatic carbocycles. The molecule has 3 aliphatic rings. The fourth-order valence-corrected chi connectivity index (χ4v) is 5.98. The number of hydrogen-bond donors (Lipinski definition) is 2. The molecule has 3 rings (SSSR count). The normalized spacial score (nSPS) is 37.0. The number of carbonyl (C=O) groups excluding carboxylic acids is 1. The summed E-state index contributed by atoms with van der Waals surface area (Å²) in [6, 6.07) is 0. The van der Waals surface area contributed by atoms with E-state index in [0.29, 0.717) is 11.8 Å². The molecule has 152 valence electrons. The van der Waals surface area contributed by atoms with Crippen molar-refractivity contribution in [3.63, 3.8) is 0 Å². The van der Waals surface area contributed by atoms with E-state index in [2.05, 4.69) is 39.8 Å². The zero-order valence-corrected chi connectivity index (χ0v) is 17.3. The van der Waals surface area contributed by atoms with Gasteiger partial charge in [0.15, 0.2) is 0 Å². The third-order valence-corrected chi connectivity index (χ3v) is 7.66. The van der Waals surface area contributed by atoms with E-state index in [9.17, 15) is 9.90 Å². The Balaban J connectivity index is 1.85. The largest absolute Gasteiger partial charge is 0.462 e. The fourth-order valence-electron chi connectivity index (χ4n) is 5.98. The summed E-state index contributed by atoms with van der Waals surface area (Å²) in [6.45, 7) is 8.48. The summed E-state index contributed by atoms with van der Waals surface area (Å²) in [6.07, 6.45) is 10.1. The van der Waals surface area contributed by atoms with Gasteiger partial charge in [0.2, 0.25) is 0 Å². The minimum atomic E-state index is -0.997. The Hall–Kier alpha value is -1.13. The first-order valence-electron chi connectivity index (χ1n) is 10.6. The maximum Gasteiger partial charge on any atom is 0.312 e. The van der Waals surface area contributed by atoms with Crippen molar-refractivity contribution in [2.75, 3.05) is 13.2 Å². The molecule has 27 heavy (non-hydrogen) atoms. The molecule has 1 saturated carbocycles. The molecule has 0 saturated heterocycles. The lowest BCUT2D eigenvalue weighted by Crippen LogP contribution is -2.53. The van der Waals surface area contributed by atoms with Crippen LogP contribution in [-0.4, -0.2) is 35.5 Å². The summed E-state index contributed by atoms with van der Waals surface area (Å²) >= 11 is 0. The van der Waals surface area contributed by atoms with E-state index in [1.807, 2.05) is 0 Å². The highest BCUT2D eigenvalue weighted by Gasteiger charge is 2.57. The Labute approximate surface area is 163 Å². The molecule has 5 atom stereocenters. The van der Waals surface area contributed by atoms with Gasteiger partial charge in [-0.2, -0.15) is 0 Å². The minimum Gasteiger partial charge on any atom is -0.462 e. The van der Waals surface area contributed by atoms with Crippen LogP contribution in [-0.2, 0) is 9.53 Å². The first kappa shape index (κ1) is 20.6. The predicted molar refractivity (Wildman–Crippen MR) is 106 cm³/mol. The monoisotopic (exact) mass is 376 g/mol. The molecule has 0 spiro atoms. The molecule has 2 N–H and O–H groups in total. The van der Waals surface area contributed by atoms with Crippen molar-refractivity contribution in [3.8, 4) is 0 Å². The van der Waals surface area contributed by atoms with Crippen LogP contribution >= 0.6 is 0 Å². The lowest BCUT2D eigenvalue weighted by molar-refractivity contribution is -0.172. The van der Waals surface area contributed by atoms with Gasteiger partial charge in [-0.15, -0.1) is 0 Å². The molecule has 0 aliphatic heterocycles. The topological polar surface area (TPSA) is 66.8 Å². The maximum atomic E-state index is 13.0. The highest BCUT2D eigenvalue weighted by molar-refractivity contribution is 5.77. The second-order valence-electron chi connectivity index (χ2n) is 9.67. The van der Waals surface area contributed by atoms with Crippen LogP contribution < -0.4 is 0 Å². The van der Waals surface area contributed by atoms with Crippen molar-refractivity contribution in [2.24, 2.45) is 28.6 Å². The lowest BCUT2D eigenvalue weighted by Gasteiger charge is -2.57. The van der Waals surface area contributed by atoms with Gasteiger partial charge in [-0.25, -0.2) is 0 Å². The Morgan fingerprint density at radius 2 is 2.07 bits per heavy atom. The summed E-state index contributed by atoms with van der Waals surface area (Å²) in [5.74, 6) is 1.17. The van der Waals surface area contributed by atoms with Gasteiger partial charge in [0.1, 0.15) is 12.7 Å². The Morgan fingerprint density at radius 3 is 2.74 bits per heavy atom. The molecule has 5 unspecified atom stereocenters. The Kier molecular flexibility index (Phi) is 5.88. The molecule has 0 heterocycles. The molecular formula is C23H36O4. The van der Waals surface area contributed by atoms with Crippen LogP contribution in [0.5, 0.6) is 0 Å². The van der Waals surface area contributed by atoms with Crippen LogP contribution in [0.2, 0.25) is 0 Å². The van der Waals surface area contributed by atoms with Gasteiger partial charge in [0, 0.05) is 0 Å². The van der Waals surface area contributed by atoms with Gasteiger partial charge in [-0.3, -0.25) is 4.79 Å². The average Bonchev–Trinajstić information content (AvgIpc) is 2.65. The second-order valence-corrected chi connectivity index (χ2v) is 9.67.